The summed E-state index contributed by atoms with van der Waals surface area (Å²) in [6.07, 6.45) is 0. The lowest BCUT2D eigenvalue weighted by molar-refractivity contribution is 0.251. The molecule has 0 atom stereocenters. The number of hydrogen-bond donors (Lipinski definition) is 2. The van der Waals surface area contributed by atoms with E-state index in [0.29, 0.717) is 17.4 Å². The highest BCUT2D eigenvalue weighted by Gasteiger charge is 2.04. The molecule has 0 aliphatic heterocycles. The second-order valence-corrected chi connectivity index (χ2v) is 4.47. The van der Waals surface area contributed by atoms with Crippen molar-refractivity contribution in [3.8, 4) is 0 Å². The molecule has 19 heavy (non-hydrogen) atoms. The number of rotatable bonds is 3. The third kappa shape index (κ3) is 3.96. The molecule has 98 valence electrons. The third-order valence-corrected chi connectivity index (χ3v) is 2.90. The number of carbonyl (C=O) groups is 1. The molecule has 0 unspecified atom stereocenters. The Hall–Kier alpha value is -2.07. The van der Waals surface area contributed by atoms with E-state index >= 15 is 0 Å². The van der Waals surface area contributed by atoms with Gasteiger partial charge in [-0.15, -0.1) is 0 Å². The molecule has 1 aromatic carbocycles. The van der Waals surface area contributed by atoms with Crippen molar-refractivity contribution >= 4 is 23.4 Å². The van der Waals surface area contributed by atoms with Crippen LogP contribution in [0.5, 0.6) is 0 Å². The molecule has 0 aliphatic carbocycles. The third-order valence-electron chi connectivity index (χ3n) is 2.53. The molecule has 1 heterocycles. The Bertz CT molecular complexity index is 586. The number of nitrogens with zero attached hydrogens (tertiary/aromatic N) is 1. The number of hydrogen-bond acceptors (Lipinski definition) is 2. The van der Waals surface area contributed by atoms with Crippen LogP contribution in [0.3, 0.4) is 0 Å². The minimum absolute atomic E-state index is 0.307. The maximum absolute atomic E-state index is 11.7. The molecule has 0 fully saturated rings. The van der Waals surface area contributed by atoms with Gasteiger partial charge in [0.15, 0.2) is 0 Å². The van der Waals surface area contributed by atoms with Crippen LogP contribution in [-0.4, -0.2) is 11.0 Å². The Morgan fingerprint density at radius 1 is 1.21 bits per heavy atom. The summed E-state index contributed by atoms with van der Waals surface area (Å²) < 4.78 is 0. The first kappa shape index (κ1) is 13.4. The normalized spacial score (nSPS) is 10.0. The van der Waals surface area contributed by atoms with Gasteiger partial charge in [0.05, 0.1) is 0 Å². The summed E-state index contributed by atoms with van der Waals surface area (Å²) in [4.78, 5) is 15.9. The van der Waals surface area contributed by atoms with Crippen LogP contribution in [0.25, 0.3) is 0 Å². The van der Waals surface area contributed by atoms with E-state index in [1.165, 1.54) is 0 Å². The number of nitrogens with one attached hydrogen (secondary N) is 2. The maximum atomic E-state index is 11.7. The minimum atomic E-state index is -0.307. The van der Waals surface area contributed by atoms with Crippen molar-refractivity contribution in [2.75, 3.05) is 5.32 Å². The van der Waals surface area contributed by atoms with Crippen LogP contribution >= 0.6 is 11.6 Å². The van der Waals surface area contributed by atoms with Crippen LogP contribution in [0.15, 0.2) is 42.5 Å². The van der Waals surface area contributed by atoms with Crippen LogP contribution in [0.4, 0.5) is 10.6 Å². The van der Waals surface area contributed by atoms with E-state index in [9.17, 15) is 4.79 Å². The Balaban J connectivity index is 1.90. The monoisotopic (exact) mass is 275 g/mol. The molecule has 2 amide bonds. The molecule has 4 nitrogen and oxygen atoms in total. The van der Waals surface area contributed by atoms with Crippen molar-refractivity contribution in [2.45, 2.75) is 13.5 Å². The van der Waals surface area contributed by atoms with Crippen molar-refractivity contribution < 1.29 is 4.79 Å². The zero-order chi connectivity index (χ0) is 13.7. The molecule has 2 rings (SSSR count). The summed E-state index contributed by atoms with van der Waals surface area (Å²) in [7, 11) is 0. The van der Waals surface area contributed by atoms with E-state index in [4.69, 9.17) is 11.6 Å². The zero-order valence-corrected chi connectivity index (χ0v) is 11.2. The summed E-state index contributed by atoms with van der Waals surface area (Å²) in [5.74, 6) is 0.525. The van der Waals surface area contributed by atoms with Crippen molar-refractivity contribution in [1.82, 2.24) is 10.3 Å². The molecular weight excluding hydrogens is 262 g/mol. The average Bonchev–Trinajstić information content (AvgIpc) is 2.38. The predicted octanol–water partition coefficient (Wildman–Crippen LogP) is 3.37. The number of aromatic nitrogens is 1. The standard InChI is InChI=1S/C14H14ClN3O/c1-10-5-4-8-13(17-10)18-14(19)16-9-11-6-2-3-7-12(11)15/h2-8H,9H2,1H3,(H2,16,17,18,19). The van der Waals surface area contributed by atoms with Gasteiger partial charge in [-0.2, -0.15) is 0 Å². The molecule has 1 aromatic heterocycles. The number of amides is 2. The molecule has 0 radical (unpaired) electrons. The number of anilines is 1. The van der Waals surface area contributed by atoms with E-state index in [-0.39, 0.29) is 6.03 Å². The first-order valence-corrected chi connectivity index (χ1v) is 6.25. The smallest absolute Gasteiger partial charge is 0.320 e. The van der Waals surface area contributed by atoms with Crippen LogP contribution in [-0.2, 0) is 6.54 Å². The van der Waals surface area contributed by atoms with Crippen molar-refractivity contribution in [2.24, 2.45) is 0 Å². The van der Waals surface area contributed by atoms with Gasteiger partial charge in [-0.1, -0.05) is 35.9 Å². The Kier molecular flexibility index (Phi) is 4.36. The van der Waals surface area contributed by atoms with Crippen LogP contribution in [0.2, 0.25) is 5.02 Å². The molecule has 5 heteroatoms. The summed E-state index contributed by atoms with van der Waals surface area (Å²) >= 11 is 6.00. The molecular formula is C14H14ClN3O. The Morgan fingerprint density at radius 2 is 2.00 bits per heavy atom. The van der Waals surface area contributed by atoms with E-state index < -0.39 is 0 Å². The maximum Gasteiger partial charge on any atom is 0.320 e. The van der Waals surface area contributed by atoms with E-state index in [1.54, 1.807) is 12.1 Å². The zero-order valence-electron chi connectivity index (χ0n) is 10.5. The van der Waals surface area contributed by atoms with Gasteiger partial charge in [0.1, 0.15) is 5.82 Å². The fourth-order valence-electron chi connectivity index (χ4n) is 1.59. The fraction of sp³-hybridized carbons (Fsp3) is 0.143. The van der Waals surface area contributed by atoms with Gasteiger partial charge in [0.25, 0.3) is 0 Å². The molecule has 2 N–H and O–H groups in total. The SMILES string of the molecule is Cc1cccc(NC(=O)NCc2ccccc2Cl)n1. The minimum Gasteiger partial charge on any atom is -0.334 e. The van der Waals surface area contributed by atoms with Crippen LogP contribution < -0.4 is 10.6 Å². The Morgan fingerprint density at radius 3 is 2.74 bits per heavy atom. The molecule has 0 saturated carbocycles. The second-order valence-electron chi connectivity index (χ2n) is 4.06. The number of halogens is 1. The second kappa shape index (κ2) is 6.20. The Labute approximate surface area is 116 Å². The van der Waals surface area contributed by atoms with Gasteiger partial charge in [0.2, 0.25) is 0 Å². The van der Waals surface area contributed by atoms with Gasteiger partial charge in [-0.05, 0) is 30.7 Å². The average molecular weight is 276 g/mol. The molecule has 2 aromatic rings. The van der Waals surface area contributed by atoms with Gasteiger partial charge in [-0.3, -0.25) is 5.32 Å². The van der Waals surface area contributed by atoms with Crippen LogP contribution in [0, 0.1) is 6.92 Å². The highest BCUT2D eigenvalue weighted by Crippen LogP contribution is 2.14. The molecule has 0 spiro atoms. The van der Waals surface area contributed by atoms with Crippen molar-refractivity contribution in [3.63, 3.8) is 0 Å². The lowest BCUT2D eigenvalue weighted by Gasteiger charge is -2.08. The number of aryl methyl sites for hydroxylation is 1. The van der Waals surface area contributed by atoms with E-state index in [1.807, 2.05) is 37.3 Å². The summed E-state index contributed by atoms with van der Waals surface area (Å²) in [6, 6.07) is 12.5. The first-order chi connectivity index (χ1) is 9.15. The summed E-state index contributed by atoms with van der Waals surface area (Å²) in [5.41, 5.74) is 1.72. The predicted molar refractivity (Wildman–Crippen MR) is 76.3 cm³/mol. The summed E-state index contributed by atoms with van der Waals surface area (Å²) in [6.45, 7) is 2.24. The van der Waals surface area contributed by atoms with Gasteiger partial charge < -0.3 is 5.32 Å². The summed E-state index contributed by atoms with van der Waals surface area (Å²) in [5, 5.41) is 6.04. The van der Waals surface area contributed by atoms with Crippen molar-refractivity contribution in [3.05, 3.63) is 58.7 Å². The lowest BCUT2D eigenvalue weighted by Crippen LogP contribution is -2.28. The molecule has 0 saturated heterocycles. The molecule has 0 bridgehead atoms. The number of carbonyl (C=O) groups excluding carboxylic acids is 1. The van der Waals surface area contributed by atoms with Gasteiger partial charge >= 0.3 is 6.03 Å². The largest absolute Gasteiger partial charge is 0.334 e. The van der Waals surface area contributed by atoms with Crippen LogP contribution in [0.1, 0.15) is 11.3 Å². The van der Waals surface area contributed by atoms with E-state index in [2.05, 4.69) is 15.6 Å². The highest BCUT2D eigenvalue weighted by atomic mass is 35.5. The van der Waals surface area contributed by atoms with E-state index in [0.717, 1.165) is 11.3 Å². The lowest BCUT2D eigenvalue weighted by atomic mass is 10.2. The number of urea groups is 1. The van der Waals surface area contributed by atoms with Gasteiger partial charge in [-0.25, -0.2) is 9.78 Å². The fourth-order valence-corrected chi connectivity index (χ4v) is 1.79. The highest BCUT2D eigenvalue weighted by molar-refractivity contribution is 6.31. The topological polar surface area (TPSA) is 54.0 Å². The van der Waals surface area contributed by atoms with Gasteiger partial charge in [0, 0.05) is 17.3 Å². The number of pyridine rings is 1. The molecule has 0 aliphatic rings. The number of benzene rings is 1. The van der Waals surface area contributed by atoms with Crippen molar-refractivity contribution in [1.29, 1.82) is 0 Å². The quantitative estimate of drug-likeness (QED) is 0.902. The first-order valence-electron chi connectivity index (χ1n) is 5.87.